The van der Waals surface area contributed by atoms with E-state index in [4.69, 9.17) is 4.84 Å². The van der Waals surface area contributed by atoms with E-state index >= 15 is 0 Å². The van der Waals surface area contributed by atoms with E-state index in [2.05, 4.69) is 10.1 Å². The average Bonchev–Trinajstić information content (AvgIpc) is 2.71. The smallest absolute Gasteiger partial charge is 0.266 e. The molecule has 0 radical (unpaired) electrons. The zero-order valence-corrected chi connectivity index (χ0v) is 14.7. The minimum Gasteiger partial charge on any atom is -0.382 e. The summed E-state index contributed by atoms with van der Waals surface area (Å²) in [5.41, 5.74) is 1.73. The summed E-state index contributed by atoms with van der Waals surface area (Å²) in [6.07, 6.45) is 4.04. The van der Waals surface area contributed by atoms with Crippen LogP contribution in [0.25, 0.3) is 0 Å². The summed E-state index contributed by atoms with van der Waals surface area (Å²) in [7, 11) is 0. The highest BCUT2D eigenvalue weighted by Gasteiger charge is 2.23. The summed E-state index contributed by atoms with van der Waals surface area (Å²) < 4.78 is 0. The standard InChI is InChI=1S/C16H25N3O2S/c1-11-15(22-14(4)17-11)12(2)18-21-13(3)16(20)19-9-7-5-6-8-10-19/h13H,5-10H2,1-4H3/b18-12+. The number of nitrogens with zero attached hydrogens (tertiary/aromatic N) is 3. The molecule has 1 saturated heterocycles. The quantitative estimate of drug-likeness (QED) is 0.631. The Balaban J connectivity index is 1.95. The normalized spacial score (nSPS) is 18.0. The van der Waals surface area contributed by atoms with Crippen LogP contribution in [0, 0.1) is 13.8 Å². The molecule has 0 spiro atoms. The van der Waals surface area contributed by atoms with Crippen molar-refractivity contribution in [1.82, 2.24) is 9.88 Å². The molecule has 1 aromatic heterocycles. The molecule has 122 valence electrons. The second-order valence-corrected chi connectivity index (χ2v) is 7.01. The number of hydrogen-bond acceptors (Lipinski definition) is 5. The second kappa shape index (κ2) is 7.72. The number of rotatable bonds is 4. The van der Waals surface area contributed by atoms with E-state index in [1.807, 2.05) is 25.7 Å². The van der Waals surface area contributed by atoms with Crippen molar-refractivity contribution in [2.45, 2.75) is 59.5 Å². The molecule has 1 fully saturated rings. The van der Waals surface area contributed by atoms with Gasteiger partial charge in [-0.3, -0.25) is 4.79 Å². The largest absolute Gasteiger partial charge is 0.382 e. The minimum absolute atomic E-state index is 0.0376. The monoisotopic (exact) mass is 323 g/mol. The van der Waals surface area contributed by atoms with Crippen LogP contribution in [-0.4, -0.2) is 40.7 Å². The molecule has 0 aliphatic carbocycles. The van der Waals surface area contributed by atoms with Crippen LogP contribution in [0.1, 0.15) is 55.1 Å². The van der Waals surface area contributed by atoms with Gasteiger partial charge in [0.1, 0.15) is 0 Å². The maximum absolute atomic E-state index is 12.4. The summed E-state index contributed by atoms with van der Waals surface area (Å²) in [5, 5.41) is 5.16. The molecular weight excluding hydrogens is 298 g/mol. The van der Waals surface area contributed by atoms with Crippen molar-refractivity contribution in [1.29, 1.82) is 0 Å². The molecule has 1 aromatic rings. The highest BCUT2D eigenvalue weighted by atomic mass is 32.1. The third-order valence-electron chi connectivity index (χ3n) is 3.85. The van der Waals surface area contributed by atoms with E-state index in [1.165, 1.54) is 12.8 Å². The third kappa shape index (κ3) is 4.29. The van der Waals surface area contributed by atoms with E-state index in [0.29, 0.717) is 0 Å². The number of oxime groups is 1. The molecule has 1 unspecified atom stereocenters. The first-order chi connectivity index (χ1) is 10.5. The van der Waals surface area contributed by atoms with Gasteiger partial charge in [-0.2, -0.15) is 0 Å². The molecule has 5 nitrogen and oxygen atoms in total. The van der Waals surface area contributed by atoms with Crippen LogP contribution in [0.15, 0.2) is 5.16 Å². The highest BCUT2D eigenvalue weighted by molar-refractivity contribution is 7.13. The van der Waals surface area contributed by atoms with Crippen molar-refractivity contribution < 1.29 is 9.63 Å². The molecular formula is C16H25N3O2S. The zero-order valence-electron chi connectivity index (χ0n) is 13.9. The number of amides is 1. The lowest BCUT2D eigenvalue weighted by Gasteiger charge is -2.22. The molecule has 0 aromatic carbocycles. The van der Waals surface area contributed by atoms with Crippen molar-refractivity contribution in [3.63, 3.8) is 0 Å². The van der Waals surface area contributed by atoms with E-state index in [0.717, 1.165) is 47.2 Å². The van der Waals surface area contributed by atoms with Gasteiger partial charge in [0.05, 0.1) is 21.3 Å². The van der Waals surface area contributed by atoms with Gasteiger partial charge in [-0.25, -0.2) is 4.98 Å². The van der Waals surface area contributed by atoms with Gasteiger partial charge in [0.15, 0.2) is 0 Å². The first kappa shape index (κ1) is 16.9. The van der Waals surface area contributed by atoms with Crippen LogP contribution >= 0.6 is 11.3 Å². The van der Waals surface area contributed by atoms with Crippen LogP contribution in [0.5, 0.6) is 0 Å². The minimum atomic E-state index is -0.539. The number of hydrogen-bond donors (Lipinski definition) is 0. The Kier molecular flexibility index (Phi) is 5.94. The van der Waals surface area contributed by atoms with E-state index < -0.39 is 6.10 Å². The Hall–Kier alpha value is -1.43. The zero-order chi connectivity index (χ0) is 16.1. The molecule has 1 aliphatic rings. The van der Waals surface area contributed by atoms with Gasteiger partial charge >= 0.3 is 0 Å². The Morgan fingerprint density at radius 1 is 1.27 bits per heavy atom. The van der Waals surface area contributed by atoms with Crippen molar-refractivity contribution >= 4 is 23.0 Å². The first-order valence-corrected chi connectivity index (χ1v) is 8.74. The molecule has 6 heteroatoms. The molecule has 2 rings (SSSR count). The Morgan fingerprint density at radius 2 is 1.91 bits per heavy atom. The maximum Gasteiger partial charge on any atom is 0.266 e. The fourth-order valence-electron chi connectivity index (χ4n) is 2.66. The molecule has 0 bridgehead atoms. The van der Waals surface area contributed by atoms with Gasteiger partial charge in [0, 0.05) is 13.1 Å². The van der Waals surface area contributed by atoms with Crippen molar-refractivity contribution in [2.75, 3.05) is 13.1 Å². The first-order valence-electron chi connectivity index (χ1n) is 7.92. The van der Waals surface area contributed by atoms with Crippen LogP contribution < -0.4 is 0 Å². The lowest BCUT2D eigenvalue weighted by Crippen LogP contribution is -2.39. The maximum atomic E-state index is 12.4. The van der Waals surface area contributed by atoms with Crippen molar-refractivity contribution in [3.05, 3.63) is 15.6 Å². The van der Waals surface area contributed by atoms with Gasteiger partial charge in [0.2, 0.25) is 6.10 Å². The fourth-order valence-corrected chi connectivity index (χ4v) is 3.52. The van der Waals surface area contributed by atoms with Gasteiger partial charge in [-0.05, 0) is 40.5 Å². The predicted molar refractivity (Wildman–Crippen MR) is 89.4 cm³/mol. The lowest BCUT2D eigenvalue weighted by atomic mass is 10.2. The number of aromatic nitrogens is 1. The molecule has 22 heavy (non-hydrogen) atoms. The summed E-state index contributed by atoms with van der Waals surface area (Å²) in [5.74, 6) is 0.0376. The van der Waals surface area contributed by atoms with Crippen LogP contribution in [-0.2, 0) is 9.63 Å². The summed E-state index contributed by atoms with van der Waals surface area (Å²) in [4.78, 5) is 25.2. The van der Waals surface area contributed by atoms with Crippen molar-refractivity contribution in [2.24, 2.45) is 5.16 Å². The molecule has 1 aliphatic heterocycles. The lowest BCUT2D eigenvalue weighted by molar-refractivity contribution is -0.142. The van der Waals surface area contributed by atoms with Gasteiger partial charge in [0.25, 0.3) is 5.91 Å². The van der Waals surface area contributed by atoms with Gasteiger partial charge < -0.3 is 9.74 Å². The van der Waals surface area contributed by atoms with Crippen LogP contribution in [0.3, 0.4) is 0 Å². The number of thiazole rings is 1. The molecule has 1 atom stereocenters. The number of likely N-dealkylation sites (tertiary alicyclic amines) is 1. The Morgan fingerprint density at radius 3 is 2.45 bits per heavy atom. The topological polar surface area (TPSA) is 54.8 Å². The number of aryl methyl sites for hydroxylation is 2. The summed E-state index contributed by atoms with van der Waals surface area (Å²) in [6.45, 7) is 9.27. The Bertz CT molecular complexity index is 546. The fraction of sp³-hybridized carbons (Fsp3) is 0.688. The highest BCUT2D eigenvalue weighted by Crippen LogP contribution is 2.18. The van der Waals surface area contributed by atoms with E-state index in [1.54, 1.807) is 18.3 Å². The van der Waals surface area contributed by atoms with Crippen LogP contribution in [0.2, 0.25) is 0 Å². The van der Waals surface area contributed by atoms with Gasteiger partial charge in [-0.15, -0.1) is 11.3 Å². The van der Waals surface area contributed by atoms with Crippen molar-refractivity contribution in [3.8, 4) is 0 Å². The predicted octanol–water partition coefficient (Wildman–Crippen LogP) is 3.29. The number of carbonyl (C=O) groups is 1. The molecule has 0 N–H and O–H groups in total. The molecule has 2 heterocycles. The summed E-state index contributed by atoms with van der Waals surface area (Å²) in [6, 6.07) is 0. The Labute approximate surface area is 136 Å². The SMILES string of the molecule is C/C(=N\OC(C)C(=O)N1CCCCCC1)c1sc(C)nc1C. The van der Waals surface area contributed by atoms with Crippen LogP contribution in [0.4, 0.5) is 0 Å². The number of carbonyl (C=O) groups excluding carboxylic acids is 1. The van der Waals surface area contributed by atoms with E-state index in [-0.39, 0.29) is 5.91 Å². The third-order valence-corrected chi connectivity index (χ3v) is 5.03. The van der Waals surface area contributed by atoms with E-state index in [9.17, 15) is 4.79 Å². The summed E-state index contributed by atoms with van der Waals surface area (Å²) >= 11 is 1.60. The molecule has 0 saturated carbocycles. The second-order valence-electron chi connectivity index (χ2n) is 5.81. The average molecular weight is 323 g/mol. The molecule has 1 amide bonds. The van der Waals surface area contributed by atoms with Gasteiger partial charge in [-0.1, -0.05) is 18.0 Å².